The van der Waals surface area contributed by atoms with Crippen molar-refractivity contribution in [1.82, 2.24) is 10.2 Å². The number of nitrogens with one attached hydrogen (secondary N) is 1. The second-order valence-corrected chi connectivity index (χ2v) is 9.40. The number of carboxylic acids is 1. The number of aliphatic carboxylic acids is 1. The van der Waals surface area contributed by atoms with Crippen LogP contribution in [0.1, 0.15) is 68.4 Å². The van der Waals surface area contributed by atoms with E-state index in [-0.39, 0.29) is 24.3 Å². The van der Waals surface area contributed by atoms with Gasteiger partial charge in [0.05, 0.1) is 6.42 Å². The minimum Gasteiger partial charge on any atom is -0.481 e. The number of ether oxygens (including phenoxy) is 1. The van der Waals surface area contributed by atoms with Gasteiger partial charge < -0.3 is 20.1 Å². The van der Waals surface area contributed by atoms with E-state index in [2.05, 4.69) is 29.6 Å². The van der Waals surface area contributed by atoms with Crippen molar-refractivity contribution in [3.05, 3.63) is 59.7 Å². The molecule has 0 bridgehead atoms. The first-order valence-corrected chi connectivity index (χ1v) is 12.6. The van der Waals surface area contributed by atoms with Crippen LogP contribution >= 0.6 is 0 Å². The highest BCUT2D eigenvalue weighted by atomic mass is 16.5. The molecule has 1 saturated heterocycles. The van der Waals surface area contributed by atoms with E-state index in [0.29, 0.717) is 26.1 Å². The highest BCUT2D eigenvalue weighted by molar-refractivity contribution is 5.79. The maximum absolute atomic E-state index is 12.4. The molecule has 1 heterocycles. The number of fused-ring (bicyclic) bond motifs is 3. The number of likely N-dealkylation sites (tertiary alicyclic amines) is 1. The highest BCUT2D eigenvalue weighted by Crippen LogP contribution is 2.44. The van der Waals surface area contributed by atoms with Crippen LogP contribution < -0.4 is 5.32 Å². The lowest BCUT2D eigenvalue weighted by Crippen LogP contribution is -2.36. The van der Waals surface area contributed by atoms with E-state index in [9.17, 15) is 14.4 Å². The highest BCUT2D eigenvalue weighted by Gasteiger charge is 2.30. The largest absolute Gasteiger partial charge is 0.481 e. The van der Waals surface area contributed by atoms with Crippen molar-refractivity contribution in [3.8, 4) is 11.1 Å². The van der Waals surface area contributed by atoms with E-state index in [1.807, 2.05) is 24.3 Å². The van der Waals surface area contributed by atoms with Crippen molar-refractivity contribution in [3.63, 3.8) is 0 Å². The van der Waals surface area contributed by atoms with Crippen molar-refractivity contribution >= 4 is 18.0 Å². The summed E-state index contributed by atoms with van der Waals surface area (Å²) >= 11 is 0. The molecule has 0 spiro atoms. The van der Waals surface area contributed by atoms with Gasteiger partial charge in [0.2, 0.25) is 5.91 Å². The molecule has 2 aliphatic rings. The van der Waals surface area contributed by atoms with Gasteiger partial charge in [0.1, 0.15) is 6.61 Å². The number of benzene rings is 2. The lowest BCUT2D eigenvalue weighted by Gasteiger charge is -2.23. The minimum atomic E-state index is -0.849. The molecule has 0 aromatic heterocycles. The number of carboxylic acid groups (broad SMARTS) is 1. The van der Waals surface area contributed by atoms with Crippen molar-refractivity contribution in [2.24, 2.45) is 0 Å². The Labute approximate surface area is 206 Å². The van der Waals surface area contributed by atoms with Crippen LogP contribution in [0.3, 0.4) is 0 Å². The molecule has 2 aromatic rings. The van der Waals surface area contributed by atoms with Gasteiger partial charge in [-0.3, -0.25) is 9.59 Å². The van der Waals surface area contributed by atoms with Gasteiger partial charge in [-0.2, -0.15) is 0 Å². The molecule has 4 rings (SSSR count). The number of carbonyl (C=O) groups excluding carboxylic acids is 2. The third-order valence-corrected chi connectivity index (χ3v) is 7.04. The molecular weight excluding hydrogens is 444 g/mol. The Morgan fingerprint density at radius 2 is 1.60 bits per heavy atom. The first-order chi connectivity index (χ1) is 17.0. The van der Waals surface area contributed by atoms with Crippen LogP contribution in [0, 0.1) is 0 Å². The molecular formula is C28H34N2O5. The van der Waals surface area contributed by atoms with Crippen molar-refractivity contribution in [2.75, 3.05) is 19.7 Å². The average molecular weight is 479 g/mol. The second kappa shape index (κ2) is 11.9. The van der Waals surface area contributed by atoms with Crippen LogP contribution in [0.4, 0.5) is 4.79 Å². The SMILES string of the molecule is O=C(O)C[C@H]1CCCN1C(=O)CCCCCCNC(=O)OCC1c2ccccc2-c2ccccc21. The zero-order chi connectivity index (χ0) is 24.6. The fraction of sp³-hybridized carbons (Fsp3) is 0.464. The standard InChI is InChI=1S/C28H34N2O5/c31-26(30-17-9-10-20(30)18-27(32)33)15-3-1-2-8-16-29-28(34)35-19-25-23-13-6-4-11-21(23)22-12-5-7-14-24(22)25/h4-7,11-14,20,25H,1-3,8-10,15-19H2,(H,29,34)(H,32,33)/t20-/m1/s1. The summed E-state index contributed by atoms with van der Waals surface area (Å²) < 4.78 is 5.55. The molecule has 1 atom stereocenters. The summed E-state index contributed by atoms with van der Waals surface area (Å²) in [7, 11) is 0. The fourth-order valence-corrected chi connectivity index (χ4v) is 5.32. The molecule has 2 amide bonds. The van der Waals surface area contributed by atoms with Crippen LogP contribution in [-0.2, 0) is 14.3 Å². The summed E-state index contributed by atoms with van der Waals surface area (Å²) in [6, 6.07) is 16.4. The van der Waals surface area contributed by atoms with Crippen molar-refractivity contribution < 1.29 is 24.2 Å². The Morgan fingerprint density at radius 1 is 0.943 bits per heavy atom. The molecule has 1 fully saturated rings. The van der Waals surface area contributed by atoms with Crippen LogP contribution in [0.25, 0.3) is 11.1 Å². The smallest absolute Gasteiger partial charge is 0.407 e. The fourth-order valence-electron chi connectivity index (χ4n) is 5.32. The van der Waals surface area contributed by atoms with E-state index < -0.39 is 12.1 Å². The molecule has 7 nitrogen and oxygen atoms in total. The van der Waals surface area contributed by atoms with E-state index >= 15 is 0 Å². The molecule has 0 saturated carbocycles. The Bertz CT molecular complexity index is 1010. The normalized spacial score (nSPS) is 16.6. The van der Waals surface area contributed by atoms with Crippen LogP contribution in [0.2, 0.25) is 0 Å². The summed E-state index contributed by atoms with van der Waals surface area (Å²) in [6.45, 7) is 1.51. The summed E-state index contributed by atoms with van der Waals surface area (Å²) in [5.74, 6) is -0.736. The third-order valence-electron chi connectivity index (χ3n) is 7.04. The number of nitrogens with zero attached hydrogens (tertiary/aromatic N) is 1. The topological polar surface area (TPSA) is 95.9 Å². The third kappa shape index (κ3) is 6.21. The Hall–Kier alpha value is -3.35. The predicted molar refractivity (Wildman–Crippen MR) is 133 cm³/mol. The second-order valence-electron chi connectivity index (χ2n) is 9.40. The molecule has 7 heteroatoms. The van der Waals surface area contributed by atoms with Gasteiger partial charge >= 0.3 is 12.1 Å². The molecule has 1 aliphatic carbocycles. The van der Waals surface area contributed by atoms with Crippen molar-refractivity contribution in [2.45, 2.75) is 63.3 Å². The number of alkyl carbamates (subject to hydrolysis) is 1. The minimum absolute atomic E-state index is 0.0350. The zero-order valence-corrected chi connectivity index (χ0v) is 20.1. The van der Waals surface area contributed by atoms with Gasteiger partial charge in [-0.1, -0.05) is 61.4 Å². The quantitative estimate of drug-likeness (QED) is 0.446. The Kier molecular flexibility index (Phi) is 8.40. The molecule has 35 heavy (non-hydrogen) atoms. The first kappa shape index (κ1) is 24.8. The van der Waals surface area contributed by atoms with Gasteiger partial charge in [-0.25, -0.2) is 4.79 Å². The Morgan fingerprint density at radius 3 is 2.29 bits per heavy atom. The van der Waals surface area contributed by atoms with Crippen LogP contribution in [0.5, 0.6) is 0 Å². The zero-order valence-electron chi connectivity index (χ0n) is 20.1. The van der Waals surface area contributed by atoms with Crippen LogP contribution in [0.15, 0.2) is 48.5 Å². The van der Waals surface area contributed by atoms with Gasteiger partial charge in [-0.05, 0) is 47.9 Å². The van der Waals surface area contributed by atoms with Gasteiger partial charge in [-0.15, -0.1) is 0 Å². The number of carbonyl (C=O) groups is 3. The van der Waals surface area contributed by atoms with E-state index in [1.165, 1.54) is 22.3 Å². The Balaban J connectivity index is 1.10. The monoisotopic (exact) mass is 478 g/mol. The summed E-state index contributed by atoms with van der Waals surface area (Å²) in [5.41, 5.74) is 4.80. The van der Waals surface area contributed by atoms with Crippen LogP contribution in [-0.4, -0.2) is 53.7 Å². The van der Waals surface area contributed by atoms with E-state index in [0.717, 1.165) is 38.5 Å². The van der Waals surface area contributed by atoms with E-state index in [1.54, 1.807) is 4.90 Å². The summed E-state index contributed by atoms with van der Waals surface area (Å²) in [4.78, 5) is 37.3. The molecule has 1 aliphatic heterocycles. The number of hydrogen-bond donors (Lipinski definition) is 2. The van der Waals surface area contributed by atoms with Gasteiger partial charge in [0.25, 0.3) is 0 Å². The van der Waals surface area contributed by atoms with E-state index in [4.69, 9.17) is 9.84 Å². The lowest BCUT2D eigenvalue weighted by molar-refractivity contribution is -0.139. The number of amides is 2. The predicted octanol–water partition coefficient (Wildman–Crippen LogP) is 4.94. The molecule has 186 valence electrons. The maximum Gasteiger partial charge on any atom is 0.407 e. The lowest BCUT2D eigenvalue weighted by atomic mass is 9.98. The first-order valence-electron chi connectivity index (χ1n) is 12.6. The molecule has 2 N–H and O–H groups in total. The summed E-state index contributed by atoms with van der Waals surface area (Å²) in [6.07, 6.45) is 5.16. The average Bonchev–Trinajstić information content (AvgIpc) is 3.44. The summed E-state index contributed by atoms with van der Waals surface area (Å²) in [5, 5.41) is 11.8. The molecule has 0 unspecified atom stereocenters. The number of rotatable bonds is 11. The molecule has 2 aromatic carbocycles. The van der Waals surface area contributed by atoms with Gasteiger partial charge in [0.15, 0.2) is 0 Å². The molecule has 0 radical (unpaired) electrons. The number of hydrogen-bond acceptors (Lipinski definition) is 4. The maximum atomic E-state index is 12.4. The van der Waals surface area contributed by atoms with Crippen molar-refractivity contribution in [1.29, 1.82) is 0 Å². The number of unbranched alkanes of at least 4 members (excludes halogenated alkanes) is 3. The van der Waals surface area contributed by atoms with Gasteiger partial charge in [0, 0.05) is 31.5 Å².